The molecule has 0 saturated carbocycles. The van der Waals surface area contributed by atoms with Crippen LogP contribution in [0.2, 0.25) is 0 Å². The average Bonchev–Trinajstić information content (AvgIpc) is 2.93. The first kappa shape index (κ1) is 15.8. The minimum atomic E-state index is -0.841. The molecule has 0 radical (unpaired) electrons. The van der Waals surface area contributed by atoms with E-state index in [0.29, 0.717) is 12.2 Å². The predicted octanol–water partition coefficient (Wildman–Crippen LogP) is 2.83. The van der Waals surface area contributed by atoms with E-state index in [9.17, 15) is 9.90 Å². The van der Waals surface area contributed by atoms with Gasteiger partial charge in [0.25, 0.3) is 0 Å². The second-order valence-corrected chi connectivity index (χ2v) is 6.69. The Balaban J connectivity index is 1.69. The van der Waals surface area contributed by atoms with Gasteiger partial charge < -0.3 is 9.51 Å². The minimum Gasteiger partial charge on any atom is -0.481 e. The van der Waals surface area contributed by atoms with Crippen LogP contribution in [0, 0.1) is 6.92 Å². The molecule has 5 heteroatoms. The maximum absolute atomic E-state index is 11.3. The number of carboxylic acids is 1. The van der Waals surface area contributed by atoms with Gasteiger partial charge in [0, 0.05) is 25.8 Å². The minimum absolute atomic E-state index is 0.0408. The number of pyridine rings is 1. The molecule has 0 fully saturated rings. The Morgan fingerprint density at radius 3 is 2.80 bits per heavy atom. The van der Waals surface area contributed by atoms with Crippen LogP contribution in [0.3, 0.4) is 0 Å². The van der Waals surface area contributed by atoms with Gasteiger partial charge in [0.2, 0.25) is 0 Å². The number of nitrogens with zero attached hydrogens (tertiary/aromatic N) is 3. The fourth-order valence-electron chi connectivity index (χ4n) is 3.65. The van der Waals surface area contributed by atoms with Crippen molar-refractivity contribution in [2.24, 2.45) is 0 Å². The molecule has 1 aliphatic rings. The number of fused-ring (bicyclic) bond motifs is 2. The third-order valence-electron chi connectivity index (χ3n) is 4.93. The van der Waals surface area contributed by atoms with E-state index in [1.807, 2.05) is 29.7 Å². The van der Waals surface area contributed by atoms with Gasteiger partial charge in [-0.25, -0.2) is 4.98 Å². The molecule has 25 heavy (non-hydrogen) atoms. The van der Waals surface area contributed by atoms with Crippen LogP contribution in [0.25, 0.3) is 5.65 Å². The molecule has 0 spiro atoms. The van der Waals surface area contributed by atoms with Crippen molar-refractivity contribution in [3.8, 4) is 0 Å². The zero-order valence-electron chi connectivity index (χ0n) is 14.3. The first-order chi connectivity index (χ1) is 12.1. The van der Waals surface area contributed by atoms with Crippen LogP contribution >= 0.6 is 0 Å². The van der Waals surface area contributed by atoms with Crippen molar-refractivity contribution in [2.75, 3.05) is 6.54 Å². The van der Waals surface area contributed by atoms with E-state index in [-0.39, 0.29) is 6.42 Å². The maximum atomic E-state index is 11.3. The fourth-order valence-corrected chi connectivity index (χ4v) is 3.65. The number of aromatic nitrogens is 2. The van der Waals surface area contributed by atoms with E-state index < -0.39 is 5.97 Å². The summed E-state index contributed by atoms with van der Waals surface area (Å²) in [4.78, 5) is 18.3. The molecular formula is C20H21N3O2. The van der Waals surface area contributed by atoms with E-state index in [2.05, 4.69) is 34.1 Å². The Morgan fingerprint density at radius 2 is 2.00 bits per heavy atom. The van der Waals surface area contributed by atoms with Crippen LogP contribution in [0.4, 0.5) is 0 Å². The van der Waals surface area contributed by atoms with Crippen molar-refractivity contribution in [1.29, 1.82) is 0 Å². The number of imidazole rings is 1. The van der Waals surface area contributed by atoms with Gasteiger partial charge in [-0.1, -0.05) is 30.3 Å². The highest BCUT2D eigenvalue weighted by atomic mass is 16.4. The molecule has 0 bridgehead atoms. The summed E-state index contributed by atoms with van der Waals surface area (Å²) in [5.41, 5.74) is 6.34. The van der Waals surface area contributed by atoms with Crippen molar-refractivity contribution < 1.29 is 9.90 Å². The first-order valence-electron chi connectivity index (χ1n) is 8.58. The Labute approximate surface area is 146 Å². The number of carbonyl (C=O) groups is 1. The second-order valence-electron chi connectivity index (χ2n) is 6.69. The molecule has 4 rings (SSSR count). The van der Waals surface area contributed by atoms with Crippen LogP contribution < -0.4 is 0 Å². The molecule has 3 aromatic rings. The van der Waals surface area contributed by atoms with Gasteiger partial charge in [0.15, 0.2) is 0 Å². The summed E-state index contributed by atoms with van der Waals surface area (Å²) < 4.78 is 2.05. The number of carboxylic acid groups (broad SMARTS) is 1. The lowest BCUT2D eigenvalue weighted by atomic mass is 10.00. The molecule has 1 aliphatic heterocycles. The van der Waals surface area contributed by atoms with Gasteiger partial charge in [-0.3, -0.25) is 9.69 Å². The molecule has 128 valence electrons. The lowest BCUT2D eigenvalue weighted by Crippen LogP contribution is -2.30. The Morgan fingerprint density at radius 1 is 1.20 bits per heavy atom. The number of hydrogen-bond donors (Lipinski definition) is 1. The molecule has 0 amide bonds. The third kappa shape index (κ3) is 3.03. The van der Waals surface area contributed by atoms with Crippen molar-refractivity contribution in [3.63, 3.8) is 0 Å². The van der Waals surface area contributed by atoms with Crippen molar-refractivity contribution in [3.05, 3.63) is 70.7 Å². The van der Waals surface area contributed by atoms with Crippen molar-refractivity contribution in [2.45, 2.75) is 32.9 Å². The predicted molar refractivity (Wildman–Crippen MR) is 95.5 cm³/mol. The highest BCUT2D eigenvalue weighted by molar-refractivity contribution is 5.70. The van der Waals surface area contributed by atoms with Crippen molar-refractivity contribution >= 4 is 11.6 Å². The molecule has 3 heterocycles. The SMILES string of the molecule is Cc1cccn2c(CN3CCc4ccccc4C3)c(CC(=O)O)nc12. The highest BCUT2D eigenvalue weighted by Crippen LogP contribution is 2.23. The monoisotopic (exact) mass is 335 g/mol. The van der Waals surface area contributed by atoms with E-state index in [1.165, 1.54) is 11.1 Å². The van der Waals surface area contributed by atoms with Crippen LogP contribution in [0.15, 0.2) is 42.6 Å². The van der Waals surface area contributed by atoms with Gasteiger partial charge in [-0.05, 0) is 36.1 Å². The zero-order chi connectivity index (χ0) is 17.4. The summed E-state index contributed by atoms with van der Waals surface area (Å²) in [6.45, 7) is 4.58. The number of aryl methyl sites for hydroxylation is 1. The molecule has 1 N–H and O–H groups in total. The summed E-state index contributed by atoms with van der Waals surface area (Å²) in [6.07, 6.45) is 2.97. The fraction of sp³-hybridized carbons (Fsp3) is 0.300. The van der Waals surface area contributed by atoms with Gasteiger partial charge in [0.05, 0.1) is 17.8 Å². The molecule has 1 aromatic carbocycles. The van der Waals surface area contributed by atoms with Crippen LogP contribution in [0.5, 0.6) is 0 Å². The first-order valence-corrected chi connectivity index (χ1v) is 8.58. The second kappa shape index (κ2) is 6.33. The van der Waals surface area contributed by atoms with Crippen LogP contribution in [0.1, 0.15) is 28.1 Å². The summed E-state index contributed by atoms with van der Waals surface area (Å²) in [5, 5.41) is 9.26. The summed E-state index contributed by atoms with van der Waals surface area (Å²) in [6, 6.07) is 12.5. The van der Waals surface area contributed by atoms with Gasteiger partial charge >= 0.3 is 5.97 Å². The smallest absolute Gasteiger partial charge is 0.309 e. The Kier molecular flexibility index (Phi) is 4.01. The van der Waals surface area contributed by atoms with E-state index in [4.69, 9.17) is 0 Å². The quantitative estimate of drug-likeness (QED) is 0.796. The van der Waals surface area contributed by atoms with Crippen LogP contribution in [-0.2, 0) is 30.7 Å². The topological polar surface area (TPSA) is 57.8 Å². The largest absolute Gasteiger partial charge is 0.481 e. The zero-order valence-corrected chi connectivity index (χ0v) is 14.3. The van der Waals surface area contributed by atoms with E-state index >= 15 is 0 Å². The highest BCUT2D eigenvalue weighted by Gasteiger charge is 2.21. The van der Waals surface area contributed by atoms with E-state index in [0.717, 1.165) is 36.4 Å². The summed E-state index contributed by atoms with van der Waals surface area (Å²) >= 11 is 0. The molecular weight excluding hydrogens is 314 g/mol. The number of hydrogen-bond acceptors (Lipinski definition) is 3. The lowest BCUT2D eigenvalue weighted by molar-refractivity contribution is -0.136. The Hall–Kier alpha value is -2.66. The molecule has 0 atom stereocenters. The van der Waals surface area contributed by atoms with Gasteiger partial charge in [0.1, 0.15) is 5.65 Å². The van der Waals surface area contributed by atoms with Gasteiger partial charge in [-0.15, -0.1) is 0 Å². The molecule has 5 nitrogen and oxygen atoms in total. The molecule has 0 saturated heterocycles. The summed E-state index contributed by atoms with van der Waals surface area (Å²) in [7, 11) is 0. The van der Waals surface area contributed by atoms with Crippen molar-refractivity contribution in [1.82, 2.24) is 14.3 Å². The molecule has 0 unspecified atom stereocenters. The normalized spacial score (nSPS) is 14.6. The van der Waals surface area contributed by atoms with Gasteiger partial charge in [-0.2, -0.15) is 0 Å². The number of rotatable bonds is 4. The van der Waals surface area contributed by atoms with Crippen LogP contribution in [-0.4, -0.2) is 31.9 Å². The third-order valence-corrected chi connectivity index (χ3v) is 4.93. The van der Waals surface area contributed by atoms with E-state index in [1.54, 1.807) is 0 Å². The number of aliphatic carboxylic acids is 1. The summed E-state index contributed by atoms with van der Waals surface area (Å²) in [5.74, 6) is -0.841. The molecule has 0 aliphatic carbocycles. The average molecular weight is 335 g/mol. The standard InChI is InChI=1S/C20H21N3O2/c1-14-5-4-9-23-18(17(11-19(24)25)21-20(14)23)13-22-10-8-15-6-2-3-7-16(15)12-22/h2-7,9H,8,10-13H2,1H3,(H,24,25). The maximum Gasteiger partial charge on any atom is 0.309 e. The number of benzene rings is 1. The molecule has 2 aromatic heterocycles. The Bertz CT molecular complexity index is 945. The lowest BCUT2D eigenvalue weighted by Gasteiger charge is -2.28.